The lowest BCUT2D eigenvalue weighted by Gasteiger charge is -2.32. The first-order valence-electron chi connectivity index (χ1n) is 12.2. The third-order valence-corrected chi connectivity index (χ3v) is 7.07. The van der Waals surface area contributed by atoms with Gasteiger partial charge in [-0.3, -0.25) is 9.89 Å². The summed E-state index contributed by atoms with van der Waals surface area (Å²) in [5, 5.41) is 19.8. The molecule has 0 saturated carbocycles. The fourth-order valence-corrected chi connectivity index (χ4v) is 5.02. The van der Waals surface area contributed by atoms with Gasteiger partial charge in [-0.1, -0.05) is 18.2 Å². The maximum Gasteiger partial charge on any atom is 0.254 e. The van der Waals surface area contributed by atoms with Gasteiger partial charge < -0.3 is 15.0 Å². The number of piperidine rings is 1. The second-order valence-corrected chi connectivity index (χ2v) is 9.39. The van der Waals surface area contributed by atoms with Crippen molar-refractivity contribution in [3.63, 3.8) is 0 Å². The van der Waals surface area contributed by atoms with E-state index in [-0.39, 0.29) is 12.0 Å². The summed E-state index contributed by atoms with van der Waals surface area (Å²) in [5.41, 5.74) is 5.46. The zero-order chi connectivity index (χ0) is 24.4. The highest BCUT2D eigenvalue weighted by molar-refractivity contribution is 5.97. The molecule has 3 aromatic rings. The zero-order valence-corrected chi connectivity index (χ0v) is 20.2. The van der Waals surface area contributed by atoms with E-state index in [0.29, 0.717) is 54.9 Å². The number of rotatable bonds is 4. The highest BCUT2D eigenvalue weighted by Crippen LogP contribution is 2.31. The minimum atomic E-state index is -0.144. The van der Waals surface area contributed by atoms with Crippen molar-refractivity contribution in [3.8, 4) is 17.5 Å². The number of aromatic amines is 1. The molecule has 3 heterocycles. The molecular weight excluding hydrogens is 440 g/mol. The Morgan fingerprint density at radius 3 is 2.60 bits per heavy atom. The maximum atomic E-state index is 13.5. The number of likely N-dealkylation sites (tertiary alicyclic amines) is 1. The number of nitriles is 1. The van der Waals surface area contributed by atoms with Gasteiger partial charge in [0.05, 0.1) is 18.2 Å². The van der Waals surface area contributed by atoms with E-state index in [0.717, 1.165) is 36.1 Å². The standard InChI is InChI=1S/C27H30N6O2/c1-17-13-18(2)23(14-22(17)25-30-26(32-31-25)24-16-29-9-12-35-24)27(34)33-10-7-21(8-11-33)20-5-3-19(15-28)4-6-20/h3-6,13-14,21,24,29H,7-12,16H2,1-2H3,(H,30,31,32). The van der Waals surface area contributed by atoms with Crippen LogP contribution in [0.2, 0.25) is 0 Å². The van der Waals surface area contributed by atoms with Crippen LogP contribution in [0.4, 0.5) is 0 Å². The number of carbonyl (C=O) groups is 1. The Morgan fingerprint density at radius 2 is 1.91 bits per heavy atom. The normalized spacial score (nSPS) is 18.9. The number of amides is 1. The SMILES string of the molecule is Cc1cc(C)c(-c2n[nH]c(C3CNCCO3)n2)cc1C(=O)N1CCC(c2ccc(C#N)cc2)CC1. The number of nitrogens with zero attached hydrogens (tertiary/aromatic N) is 4. The molecule has 2 saturated heterocycles. The van der Waals surface area contributed by atoms with Crippen molar-refractivity contribution < 1.29 is 9.53 Å². The van der Waals surface area contributed by atoms with E-state index in [1.54, 1.807) is 0 Å². The lowest BCUT2D eigenvalue weighted by atomic mass is 9.88. The van der Waals surface area contributed by atoms with E-state index in [1.807, 2.05) is 55.1 Å². The van der Waals surface area contributed by atoms with Crippen LogP contribution in [0.15, 0.2) is 36.4 Å². The van der Waals surface area contributed by atoms with Crippen molar-refractivity contribution >= 4 is 5.91 Å². The monoisotopic (exact) mass is 470 g/mol. The highest BCUT2D eigenvalue weighted by Gasteiger charge is 2.27. The van der Waals surface area contributed by atoms with Crippen molar-refractivity contribution in [3.05, 3.63) is 70.0 Å². The number of morpholine rings is 1. The smallest absolute Gasteiger partial charge is 0.254 e. The molecule has 2 N–H and O–H groups in total. The van der Waals surface area contributed by atoms with Gasteiger partial charge in [-0.05, 0) is 67.5 Å². The van der Waals surface area contributed by atoms with E-state index < -0.39 is 0 Å². The van der Waals surface area contributed by atoms with Gasteiger partial charge in [-0.2, -0.15) is 10.4 Å². The summed E-state index contributed by atoms with van der Waals surface area (Å²) in [5.74, 6) is 1.74. The summed E-state index contributed by atoms with van der Waals surface area (Å²) in [6.45, 7) is 7.61. The largest absolute Gasteiger partial charge is 0.368 e. The topological polar surface area (TPSA) is 107 Å². The van der Waals surface area contributed by atoms with Crippen LogP contribution in [-0.4, -0.2) is 58.8 Å². The molecule has 5 rings (SSSR count). The van der Waals surface area contributed by atoms with Crippen LogP contribution in [0.5, 0.6) is 0 Å². The van der Waals surface area contributed by atoms with Crippen LogP contribution in [0.3, 0.4) is 0 Å². The van der Waals surface area contributed by atoms with E-state index in [2.05, 4.69) is 26.6 Å². The van der Waals surface area contributed by atoms with Crippen molar-refractivity contribution in [2.45, 2.75) is 38.7 Å². The summed E-state index contributed by atoms with van der Waals surface area (Å²) in [6.07, 6.45) is 1.68. The predicted molar refractivity (Wildman–Crippen MR) is 132 cm³/mol. The molecule has 0 bridgehead atoms. The second kappa shape index (κ2) is 9.98. The first-order valence-corrected chi connectivity index (χ1v) is 12.2. The molecule has 180 valence electrons. The lowest BCUT2D eigenvalue weighted by molar-refractivity contribution is 0.0224. The number of carbonyl (C=O) groups excluding carboxylic acids is 1. The van der Waals surface area contributed by atoms with Gasteiger partial charge in [-0.25, -0.2) is 4.98 Å². The fraction of sp³-hybridized carbons (Fsp3) is 0.407. The molecule has 2 fully saturated rings. The summed E-state index contributed by atoms with van der Waals surface area (Å²) in [4.78, 5) is 20.1. The number of aryl methyl sites for hydroxylation is 2. The Morgan fingerprint density at radius 1 is 1.14 bits per heavy atom. The molecular formula is C27H30N6O2. The molecule has 1 atom stereocenters. The van der Waals surface area contributed by atoms with Gasteiger partial charge in [0.1, 0.15) is 6.10 Å². The van der Waals surface area contributed by atoms with E-state index >= 15 is 0 Å². The Kier molecular flexibility index (Phi) is 6.62. The molecule has 2 aliphatic heterocycles. The predicted octanol–water partition coefficient (Wildman–Crippen LogP) is 3.64. The number of aromatic nitrogens is 3. The van der Waals surface area contributed by atoms with E-state index in [1.165, 1.54) is 5.56 Å². The number of nitrogens with one attached hydrogen (secondary N) is 2. The third kappa shape index (κ3) is 4.83. The Labute approximate surface area is 205 Å². The zero-order valence-electron chi connectivity index (χ0n) is 20.2. The van der Waals surface area contributed by atoms with Gasteiger partial charge in [-0.15, -0.1) is 0 Å². The van der Waals surface area contributed by atoms with Gasteiger partial charge in [0, 0.05) is 37.3 Å². The van der Waals surface area contributed by atoms with Crippen LogP contribution < -0.4 is 5.32 Å². The Bertz CT molecular complexity index is 1250. The number of benzene rings is 2. The van der Waals surface area contributed by atoms with Crippen LogP contribution in [0.1, 0.15) is 63.3 Å². The average Bonchev–Trinajstić information content (AvgIpc) is 3.39. The number of hydrogen-bond donors (Lipinski definition) is 2. The molecule has 1 unspecified atom stereocenters. The second-order valence-electron chi connectivity index (χ2n) is 9.39. The molecule has 0 radical (unpaired) electrons. The lowest BCUT2D eigenvalue weighted by Crippen LogP contribution is -2.38. The van der Waals surface area contributed by atoms with Gasteiger partial charge >= 0.3 is 0 Å². The van der Waals surface area contributed by atoms with Crippen molar-refractivity contribution in [2.75, 3.05) is 32.8 Å². The number of hydrogen-bond acceptors (Lipinski definition) is 6. The maximum absolute atomic E-state index is 13.5. The molecule has 0 aliphatic carbocycles. The van der Waals surface area contributed by atoms with Gasteiger partial charge in [0.2, 0.25) is 0 Å². The van der Waals surface area contributed by atoms with Crippen LogP contribution in [0.25, 0.3) is 11.4 Å². The Balaban J connectivity index is 1.31. The molecule has 8 heteroatoms. The van der Waals surface area contributed by atoms with Crippen LogP contribution >= 0.6 is 0 Å². The van der Waals surface area contributed by atoms with E-state index in [4.69, 9.17) is 10.00 Å². The molecule has 1 amide bonds. The third-order valence-electron chi connectivity index (χ3n) is 7.07. The molecule has 8 nitrogen and oxygen atoms in total. The summed E-state index contributed by atoms with van der Waals surface area (Å²) in [7, 11) is 0. The molecule has 1 aromatic heterocycles. The number of H-pyrrole nitrogens is 1. The minimum absolute atomic E-state index is 0.0533. The van der Waals surface area contributed by atoms with Crippen molar-refractivity contribution in [1.29, 1.82) is 5.26 Å². The average molecular weight is 471 g/mol. The molecule has 35 heavy (non-hydrogen) atoms. The fourth-order valence-electron chi connectivity index (χ4n) is 5.02. The van der Waals surface area contributed by atoms with Crippen LogP contribution in [-0.2, 0) is 4.74 Å². The summed E-state index contributed by atoms with van der Waals surface area (Å²) >= 11 is 0. The van der Waals surface area contributed by atoms with E-state index in [9.17, 15) is 4.79 Å². The first-order chi connectivity index (χ1) is 17.0. The first kappa shape index (κ1) is 23.2. The van der Waals surface area contributed by atoms with Crippen molar-refractivity contribution in [2.24, 2.45) is 0 Å². The Hall–Kier alpha value is -3.54. The molecule has 0 spiro atoms. The van der Waals surface area contributed by atoms with Crippen LogP contribution in [0, 0.1) is 25.2 Å². The van der Waals surface area contributed by atoms with Gasteiger partial charge in [0.15, 0.2) is 11.6 Å². The number of ether oxygens (including phenoxy) is 1. The highest BCUT2D eigenvalue weighted by atomic mass is 16.5. The molecule has 2 aliphatic rings. The summed E-state index contributed by atoms with van der Waals surface area (Å²) < 4.78 is 5.78. The minimum Gasteiger partial charge on any atom is -0.368 e. The molecule has 2 aromatic carbocycles. The quantitative estimate of drug-likeness (QED) is 0.603. The van der Waals surface area contributed by atoms with Crippen molar-refractivity contribution in [1.82, 2.24) is 25.4 Å². The van der Waals surface area contributed by atoms with Gasteiger partial charge in [0.25, 0.3) is 5.91 Å². The summed E-state index contributed by atoms with van der Waals surface area (Å²) in [6, 6.07) is 14.0.